The Morgan fingerprint density at radius 3 is 1.07 bits per heavy atom. The number of rotatable bonds is 2. The predicted octanol–water partition coefficient (Wildman–Crippen LogP) is 5.09. The number of hydrogen-bond acceptors (Lipinski definition) is 2. The van der Waals surface area contributed by atoms with Gasteiger partial charge in [-0.3, -0.25) is 0 Å². The van der Waals surface area contributed by atoms with E-state index in [4.69, 9.17) is 48.1 Å². The Kier molecular flexibility index (Phi) is 5.57. The molecule has 0 atom stereocenters. The quantitative estimate of drug-likeness (QED) is 0.218. The van der Waals surface area contributed by atoms with Crippen molar-refractivity contribution in [3.05, 3.63) is 103 Å². The fraction of sp³-hybridized carbons (Fsp3) is 0. The summed E-state index contributed by atoms with van der Waals surface area (Å²) in [4.78, 5) is 0. The highest BCUT2D eigenvalue weighted by molar-refractivity contribution is 6.69. The van der Waals surface area contributed by atoms with Gasteiger partial charge >= 0.3 is 0 Å². The van der Waals surface area contributed by atoms with E-state index < -0.39 is 0 Å². The van der Waals surface area contributed by atoms with Gasteiger partial charge in [0.2, 0.25) is 0 Å². The lowest BCUT2D eigenvalue weighted by atomic mass is 9.59. The molecule has 0 aliphatic rings. The molecule has 45 heavy (non-hydrogen) atoms. The molecule has 2 aromatic heterocycles. The number of fused-ring (bicyclic) bond motifs is 8. The van der Waals surface area contributed by atoms with Crippen LogP contribution in [0.4, 0.5) is 0 Å². The maximum atomic E-state index is 6.69. The van der Waals surface area contributed by atoms with E-state index in [1.54, 1.807) is 0 Å². The lowest BCUT2D eigenvalue weighted by Crippen LogP contribution is -2.55. The molecule has 196 valence electrons. The second kappa shape index (κ2) is 9.49. The van der Waals surface area contributed by atoms with Gasteiger partial charge in [0.1, 0.15) is 61.6 Å². The van der Waals surface area contributed by atoms with Crippen LogP contribution in [-0.2, 0) is 0 Å². The van der Waals surface area contributed by atoms with Crippen molar-refractivity contribution in [2.45, 2.75) is 0 Å². The van der Waals surface area contributed by atoms with Crippen molar-refractivity contribution >= 4 is 132 Å². The Morgan fingerprint density at radius 1 is 0.311 bits per heavy atom. The summed E-state index contributed by atoms with van der Waals surface area (Å²) in [6.45, 7) is 0. The number of para-hydroxylation sites is 2. The van der Waals surface area contributed by atoms with E-state index in [0.717, 1.165) is 82.1 Å². The van der Waals surface area contributed by atoms with Crippen LogP contribution in [0.15, 0.2) is 112 Å². The van der Waals surface area contributed by atoms with Crippen molar-refractivity contribution in [2.24, 2.45) is 0 Å². The van der Waals surface area contributed by atoms with Gasteiger partial charge in [0, 0.05) is 27.1 Å². The predicted molar refractivity (Wildman–Crippen MR) is 194 cm³/mol. The summed E-state index contributed by atoms with van der Waals surface area (Å²) in [5, 5.41) is 7.89. The summed E-state index contributed by atoms with van der Waals surface area (Å²) in [6.07, 6.45) is 0. The van der Waals surface area contributed by atoms with Gasteiger partial charge in [-0.2, -0.15) is 0 Å². The zero-order valence-electron chi connectivity index (χ0n) is 24.0. The fourth-order valence-electron chi connectivity index (χ4n) is 7.05. The van der Waals surface area contributed by atoms with Crippen LogP contribution in [0, 0.1) is 0 Å². The molecule has 0 fully saturated rings. The number of hydrogen-bond donors (Lipinski definition) is 0. The smallest absolute Gasteiger partial charge is 0.147 e. The first-order valence-corrected chi connectivity index (χ1v) is 14.6. The fourth-order valence-corrected chi connectivity index (χ4v) is 7.05. The molecular weight excluding hydrogens is 542 g/mol. The van der Waals surface area contributed by atoms with Gasteiger partial charge in [0.05, 0.1) is 5.56 Å². The maximum Gasteiger partial charge on any atom is 0.147 e. The largest absolute Gasteiger partial charge is 0.455 e. The lowest BCUT2D eigenvalue weighted by Gasteiger charge is -2.25. The summed E-state index contributed by atoms with van der Waals surface area (Å²) in [7, 11) is 32.3. The van der Waals surface area contributed by atoms with Crippen molar-refractivity contribution in [1.29, 1.82) is 0 Å². The average molecular weight is 560 g/mol. The Bertz CT molecular complexity index is 2540. The number of benzene rings is 7. The van der Waals surface area contributed by atoms with Crippen molar-refractivity contribution in [3.63, 3.8) is 0 Å². The number of furan rings is 2. The maximum absolute atomic E-state index is 6.69. The monoisotopic (exact) mass is 560 g/mol. The molecule has 0 aliphatic heterocycles. The summed E-state index contributed by atoms with van der Waals surface area (Å²) < 4.78 is 13.4. The van der Waals surface area contributed by atoms with Crippen LogP contribution in [-0.4, -0.2) is 39.2 Å². The molecule has 10 radical (unpaired) electrons. The highest BCUT2D eigenvalue weighted by Gasteiger charge is 2.26. The van der Waals surface area contributed by atoms with E-state index in [1.165, 1.54) is 0 Å². The van der Waals surface area contributed by atoms with Gasteiger partial charge < -0.3 is 8.83 Å². The molecular formula is C38H17B5O2. The molecule has 0 N–H and O–H groups in total. The van der Waals surface area contributed by atoms with E-state index in [1.807, 2.05) is 60.7 Å². The van der Waals surface area contributed by atoms with Gasteiger partial charge in [-0.05, 0) is 50.9 Å². The van der Waals surface area contributed by atoms with Crippen LogP contribution < -0.4 is 27.3 Å². The van der Waals surface area contributed by atoms with Crippen molar-refractivity contribution in [2.75, 3.05) is 0 Å². The van der Waals surface area contributed by atoms with Crippen LogP contribution in [0.5, 0.6) is 0 Å². The van der Waals surface area contributed by atoms with Crippen LogP contribution >= 0.6 is 0 Å². The highest BCUT2D eigenvalue weighted by Crippen LogP contribution is 2.50. The van der Waals surface area contributed by atoms with Gasteiger partial charge in [-0.25, -0.2) is 0 Å². The van der Waals surface area contributed by atoms with E-state index >= 15 is 0 Å². The Labute approximate surface area is 265 Å². The molecule has 0 bridgehead atoms. The van der Waals surface area contributed by atoms with Crippen molar-refractivity contribution in [3.8, 4) is 22.3 Å². The first kappa shape index (κ1) is 26.4. The third kappa shape index (κ3) is 3.53. The van der Waals surface area contributed by atoms with E-state index in [2.05, 4.69) is 42.5 Å². The van der Waals surface area contributed by atoms with Crippen LogP contribution in [0.25, 0.3) is 87.7 Å². The minimum atomic E-state index is 0.183. The van der Waals surface area contributed by atoms with Crippen LogP contribution in [0.3, 0.4) is 0 Å². The summed E-state index contributed by atoms with van der Waals surface area (Å²) in [5.74, 6) is 0. The third-order valence-electron chi connectivity index (χ3n) is 9.14. The van der Waals surface area contributed by atoms with Crippen molar-refractivity contribution in [1.82, 2.24) is 0 Å². The summed E-state index contributed by atoms with van der Waals surface area (Å²) in [5.41, 5.74) is 7.58. The minimum absolute atomic E-state index is 0.183. The Hall–Kier alpha value is -5.02. The molecule has 0 amide bonds. The van der Waals surface area contributed by atoms with Gasteiger partial charge in [-0.15, -0.1) is 16.4 Å². The van der Waals surface area contributed by atoms with Crippen LogP contribution in [0.1, 0.15) is 0 Å². The highest BCUT2D eigenvalue weighted by atomic mass is 16.3. The standard InChI is InChI=1S/C38H17B5O2/c39-32-30(33(40)35(42)36(43)34(32)41)28-20-11-1-3-13-22(20)29(23-14-4-2-12-21(23)28)31-37-24(18-9-5-7-15-26(18)44-37)17-25-19-10-6-8-16-27(19)45-38(25)31/h1-17H. The molecule has 2 heterocycles. The first-order valence-electron chi connectivity index (χ1n) is 14.6. The zero-order valence-corrected chi connectivity index (χ0v) is 24.0. The van der Waals surface area contributed by atoms with Crippen molar-refractivity contribution < 1.29 is 8.83 Å². The molecule has 0 unspecified atom stereocenters. The first-order chi connectivity index (χ1) is 21.9. The molecule has 7 heteroatoms. The lowest BCUT2D eigenvalue weighted by molar-refractivity contribution is 0.658. The molecule has 0 saturated heterocycles. The normalized spacial score (nSPS) is 12.0. The molecule has 0 aliphatic carbocycles. The second-order valence-corrected chi connectivity index (χ2v) is 11.5. The Morgan fingerprint density at radius 2 is 0.644 bits per heavy atom. The van der Waals surface area contributed by atoms with Gasteiger partial charge in [0.15, 0.2) is 0 Å². The molecule has 2 nitrogen and oxygen atoms in total. The van der Waals surface area contributed by atoms with Crippen LogP contribution in [0.2, 0.25) is 0 Å². The summed E-state index contributed by atoms with van der Waals surface area (Å²) in [6, 6.07) is 34.8. The third-order valence-corrected chi connectivity index (χ3v) is 9.14. The Balaban J connectivity index is 1.55. The van der Waals surface area contributed by atoms with E-state index in [0.29, 0.717) is 16.5 Å². The molecule has 0 saturated carbocycles. The topological polar surface area (TPSA) is 26.3 Å². The van der Waals surface area contributed by atoms with E-state index in [-0.39, 0.29) is 16.4 Å². The molecule has 9 rings (SSSR count). The minimum Gasteiger partial charge on any atom is -0.455 e. The molecule has 0 spiro atoms. The molecule has 7 aromatic carbocycles. The SMILES string of the molecule is [B]c1c([B])c([B])c(-c2c3ccccc3c(-c3c4oc5ccccc5c4cc4c3oc3ccccc34)c3ccccc23)c([B])c1[B]. The second-order valence-electron chi connectivity index (χ2n) is 11.5. The zero-order chi connectivity index (χ0) is 30.6. The molecule has 9 aromatic rings. The van der Waals surface area contributed by atoms with Gasteiger partial charge in [-0.1, -0.05) is 95.9 Å². The van der Waals surface area contributed by atoms with E-state index in [9.17, 15) is 0 Å². The van der Waals surface area contributed by atoms with Gasteiger partial charge in [0.25, 0.3) is 0 Å². The average Bonchev–Trinajstić information content (AvgIpc) is 3.64. The summed E-state index contributed by atoms with van der Waals surface area (Å²) >= 11 is 0.